The monoisotopic (exact) mass is 563 g/mol. The van der Waals surface area contributed by atoms with Crippen molar-refractivity contribution in [2.75, 3.05) is 0 Å². The van der Waals surface area contributed by atoms with Crippen LogP contribution in [0.2, 0.25) is 0 Å². The zero-order valence-electron chi connectivity index (χ0n) is 20.3. The van der Waals surface area contributed by atoms with Crippen LogP contribution in [0.25, 0.3) is 0 Å². The van der Waals surface area contributed by atoms with E-state index in [1.807, 2.05) is 61.5 Å². The van der Waals surface area contributed by atoms with Crippen molar-refractivity contribution in [3.05, 3.63) is 84.4 Å². The van der Waals surface area contributed by atoms with E-state index in [4.69, 9.17) is 14.0 Å². The number of carbonyl (C=O) groups excluding carboxylic acids is 1. The van der Waals surface area contributed by atoms with Crippen molar-refractivity contribution in [3.63, 3.8) is 0 Å². The summed E-state index contributed by atoms with van der Waals surface area (Å²) in [5, 5.41) is -5.08. The molecule has 200 valence electrons. The highest BCUT2D eigenvalue weighted by molar-refractivity contribution is 7.97. The van der Waals surface area contributed by atoms with Gasteiger partial charge in [0.2, 0.25) is 0 Å². The quantitative estimate of drug-likeness (QED) is 0.180. The maximum absolute atomic E-state index is 13.6. The molecule has 2 fully saturated rings. The minimum atomic E-state index is -5.96. The summed E-state index contributed by atoms with van der Waals surface area (Å²) in [5.41, 5.74) is 0.885. The van der Waals surface area contributed by atoms with Gasteiger partial charge in [-0.15, -0.1) is 0 Å². The van der Waals surface area contributed by atoms with Crippen molar-refractivity contribution >= 4 is 27.0 Å². The molecule has 0 aromatic heterocycles. The highest BCUT2D eigenvalue weighted by atomic mass is 32.2. The van der Waals surface area contributed by atoms with E-state index in [0.717, 1.165) is 39.5 Å². The molecule has 1 N–H and O–H groups in total. The number of carbonyl (C=O) groups is 1. The second kappa shape index (κ2) is 10.0. The average molecular weight is 564 g/mol. The molecule has 1 saturated heterocycles. The summed E-state index contributed by atoms with van der Waals surface area (Å²) in [6.07, 6.45) is 3.20. The Kier molecular flexibility index (Phi) is 7.08. The molecule has 5 rings (SSSR count). The van der Waals surface area contributed by atoms with Gasteiger partial charge in [-0.3, -0.25) is 4.55 Å². The molecule has 1 heterocycles. The number of benzene rings is 3. The summed E-state index contributed by atoms with van der Waals surface area (Å²) in [4.78, 5) is 14.4. The Morgan fingerprint density at radius 2 is 1.53 bits per heavy atom. The minimum Gasteiger partial charge on any atom is -0.421 e. The van der Waals surface area contributed by atoms with E-state index in [9.17, 15) is 22.0 Å². The molecule has 3 aromatic carbocycles. The van der Waals surface area contributed by atoms with Gasteiger partial charge in [0.05, 0.1) is 23.1 Å². The Hall–Kier alpha value is -2.83. The number of hydrogen-bond donors (Lipinski definition) is 1. The van der Waals surface area contributed by atoms with Crippen molar-refractivity contribution < 1.29 is 40.8 Å². The van der Waals surface area contributed by atoms with E-state index in [1.54, 1.807) is 12.1 Å². The predicted molar refractivity (Wildman–Crippen MR) is 135 cm³/mol. The van der Waals surface area contributed by atoms with Crippen molar-refractivity contribution in [3.8, 4) is 5.75 Å². The largest absolute Gasteiger partial charge is 0.466 e. The molecular weight excluding hydrogens is 538 g/mol. The number of rotatable bonds is 7. The summed E-state index contributed by atoms with van der Waals surface area (Å²) in [6.45, 7) is 1.93. The van der Waals surface area contributed by atoms with Gasteiger partial charge in [-0.2, -0.15) is 17.2 Å². The van der Waals surface area contributed by atoms with E-state index in [1.165, 1.54) is 12.1 Å². The molecule has 1 aliphatic heterocycles. The molecule has 3 unspecified atom stereocenters. The Morgan fingerprint density at radius 1 is 0.947 bits per heavy atom. The van der Waals surface area contributed by atoms with Crippen LogP contribution < -0.4 is 4.74 Å². The fourth-order valence-electron chi connectivity index (χ4n) is 4.69. The van der Waals surface area contributed by atoms with Gasteiger partial charge in [0.25, 0.3) is 0 Å². The molecule has 1 saturated carbocycles. The molecule has 3 aromatic rings. The van der Waals surface area contributed by atoms with Gasteiger partial charge < -0.3 is 14.2 Å². The third kappa shape index (κ3) is 5.08. The standard InChI is InChI=1S/C27H24F2O7S2/c1-26(35-23-11-6-12-24(23)36-26)18-7-5-10-22(17-18)37(20-8-3-2-4-9-20)21-15-13-19(14-16-21)34-25(30)27(28,29)38(31,32)33/h2-5,7-10,13-17,23-24H,6,11-12H2,1H3/p+1. The molecule has 0 amide bonds. The predicted octanol–water partition coefficient (Wildman–Crippen LogP) is 5.31. The van der Waals surface area contributed by atoms with Crippen molar-refractivity contribution in [2.45, 2.75) is 64.1 Å². The van der Waals surface area contributed by atoms with Crippen LogP contribution in [0.1, 0.15) is 31.7 Å². The second-order valence-corrected chi connectivity index (χ2v) is 12.7. The molecular formula is C27H25F2O7S2+. The summed E-state index contributed by atoms with van der Waals surface area (Å²) >= 11 is 0. The second-order valence-electron chi connectivity index (χ2n) is 9.19. The van der Waals surface area contributed by atoms with Crippen LogP contribution in [-0.4, -0.2) is 36.4 Å². The summed E-state index contributed by atoms with van der Waals surface area (Å²) in [7, 11) is -6.60. The maximum Gasteiger partial charge on any atom is 0.466 e. The topological polar surface area (TPSA) is 99.1 Å². The molecule has 1 aliphatic carbocycles. The first-order chi connectivity index (χ1) is 18.0. The third-order valence-electron chi connectivity index (χ3n) is 6.55. The zero-order chi connectivity index (χ0) is 27.1. The molecule has 3 atom stereocenters. The van der Waals surface area contributed by atoms with Crippen molar-refractivity contribution in [1.82, 2.24) is 0 Å². The molecule has 2 aliphatic rings. The number of alkyl halides is 2. The Morgan fingerprint density at radius 3 is 2.13 bits per heavy atom. The van der Waals surface area contributed by atoms with Gasteiger partial charge in [-0.25, -0.2) is 4.79 Å². The van der Waals surface area contributed by atoms with Crippen LogP contribution in [0.15, 0.2) is 93.5 Å². The Balaban J connectivity index is 1.45. The molecule has 0 radical (unpaired) electrons. The lowest BCUT2D eigenvalue weighted by Gasteiger charge is -2.25. The summed E-state index contributed by atoms with van der Waals surface area (Å²) in [6, 6.07) is 23.4. The molecule has 0 bridgehead atoms. The van der Waals surface area contributed by atoms with Gasteiger partial charge in [-0.1, -0.05) is 30.3 Å². The summed E-state index contributed by atoms with van der Waals surface area (Å²) < 4.78 is 74.7. The van der Waals surface area contributed by atoms with E-state index < -0.39 is 38.0 Å². The fourth-order valence-corrected chi connectivity index (χ4v) is 7.05. The maximum atomic E-state index is 13.6. The van der Waals surface area contributed by atoms with Gasteiger partial charge in [0, 0.05) is 11.6 Å². The normalized spacial score (nSPS) is 24.1. The lowest BCUT2D eigenvalue weighted by Crippen LogP contribution is -2.40. The first-order valence-corrected chi connectivity index (χ1v) is 14.6. The van der Waals surface area contributed by atoms with Crippen LogP contribution >= 0.6 is 0 Å². The number of ether oxygens (including phenoxy) is 3. The number of hydrogen-bond acceptors (Lipinski definition) is 6. The lowest BCUT2D eigenvalue weighted by molar-refractivity contribution is -0.174. The molecule has 11 heteroatoms. The van der Waals surface area contributed by atoms with Crippen LogP contribution in [-0.2, 0) is 41.1 Å². The van der Waals surface area contributed by atoms with Crippen LogP contribution in [0.3, 0.4) is 0 Å². The average Bonchev–Trinajstić information content (AvgIpc) is 3.45. The van der Waals surface area contributed by atoms with Gasteiger partial charge in [0.1, 0.15) is 5.75 Å². The van der Waals surface area contributed by atoms with Crippen LogP contribution in [0, 0.1) is 0 Å². The number of esters is 1. The van der Waals surface area contributed by atoms with Crippen LogP contribution in [0.4, 0.5) is 8.78 Å². The SMILES string of the molecule is CC1(c2cccc([S+](c3ccccc3)c3ccc(OC(=O)C(F)(F)S(=O)(=O)O)cc3)c2)OC2CCCC2O1. The highest BCUT2D eigenvalue weighted by Crippen LogP contribution is 2.44. The molecule has 0 spiro atoms. The van der Waals surface area contributed by atoms with Crippen LogP contribution in [0.5, 0.6) is 5.75 Å². The number of fused-ring (bicyclic) bond motifs is 1. The first-order valence-electron chi connectivity index (χ1n) is 11.9. The molecule has 38 heavy (non-hydrogen) atoms. The van der Waals surface area contributed by atoms with Crippen molar-refractivity contribution in [2.24, 2.45) is 0 Å². The number of halogens is 2. The van der Waals surface area contributed by atoms with Gasteiger partial charge in [0.15, 0.2) is 20.5 Å². The first kappa shape index (κ1) is 26.8. The highest BCUT2D eigenvalue weighted by Gasteiger charge is 2.54. The van der Waals surface area contributed by atoms with E-state index in [-0.39, 0.29) is 18.0 Å². The van der Waals surface area contributed by atoms with Gasteiger partial charge >= 0.3 is 21.3 Å². The van der Waals surface area contributed by atoms with Gasteiger partial charge in [-0.05, 0) is 68.7 Å². The molecule has 7 nitrogen and oxygen atoms in total. The summed E-state index contributed by atoms with van der Waals surface area (Å²) in [5.74, 6) is -3.55. The minimum absolute atomic E-state index is 0.0829. The lowest BCUT2D eigenvalue weighted by atomic mass is 10.1. The van der Waals surface area contributed by atoms with E-state index in [0.29, 0.717) is 0 Å². The Labute approximate surface area is 221 Å². The zero-order valence-corrected chi connectivity index (χ0v) is 21.9. The third-order valence-corrected chi connectivity index (χ3v) is 9.58. The Bertz CT molecular complexity index is 1420. The van der Waals surface area contributed by atoms with E-state index >= 15 is 0 Å². The van der Waals surface area contributed by atoms with E-state index in [2.05, 4.69) is 4.74 Å². The fraction of sp³-hybridized carbons (Fsp3) is 0.296. The smallest absolute Gasteiger partial charge is 0.421 e. The van der Waals surface area contributed by atoms with Crippen molar-refractivity contribution in [1.29, 1.82) is 0 Å².